The summed E-state index contributed by atoms with van der Waals surface area (Å²) in [5.74, 6) is -6.92. The number of aliphatic hydroxyl groups excluding tert-OH is 1. The Kier molecular flexibility index (Phi) is 8.35. The summed E-state index contributed by atoms with van der Waals surface area (Å²) in [5, 5.41) is 9.50. The van der Waals surface area contributed by atoms with E-state index in [0.717, 1.165) is 18.2 Å². The number of rotatable bonds is 7. The van der Waals surface area contributed by atoms with Crippen molar-refractivity contribution >= 4 is 5.97 Å². The molecule has 1 aliphatic rings. The Balaban J connectivity index is 1.41. The second-order valence-corrected chi connectivity index (χ2v) is 9.29. The number of carbonyl (C=O) groups is 1. The van der Waals surface area contributed by atoms with E-state index in [9.17, 15) is 27.5 Å². The standard InChI is InChI=1S/C29H27F5O4/c1-3-37-24-13-12-21(26(32)28(24)34)17-6-9-20(23(30)14-17)16-4-7-18(8-5-16)38-29(36)22-11-10-19(15(2)35)25(31)27(22)33/h6,9-16,18,35H,3-5,7-8H2,1-2H3. The average molecular weight is 535 g/mol. The zero-order valence-corrected chi connectivity index (χ0v) is 20.9. The molecular weight excluding hydrogens is 507 g/mol. The van der Waals surface area contributed by atoms with Crippen LogP contribution in [-0.2, 0) is 4.74 Å². The number of ether oxygens (including phenoxy) is 2. The van der Waals surface area contributed by atoms with Crippen LogP contribution in [0.2, 0.25) is 0 Å². The van der Waals surface area contributed by atoms with Gasteiger partial charge in [-0.3, -0.25) is 0 Å². The van der Waals surface area contributed by atoms with Crippen molar-refractivity contribution in [1.29, 1.82) is 0 Å². The van der Waals surface area contributed by atoms with Crippen LogP contribution in [0.15, 0.2) is 42.5 Å². The highest BCUT2D eigenvalue weighted by Gasteiger charge is 2.29. The molecule has 0 aromatic heterocycles. The van der Waals surface area contributed by atoms with Crippen LogP contribution in [0.5, 0.6) is 5.75 Å². The number of aliphatic hydroxyl groups is 1. The van der Waals surface area contributed by atoms with Gasteiger partial charge in [0.2, 0.25) is 5.82 Å². The highest BCUT2D eigenvalue weighted by Crippen LogP contribution is 2.38. The van der Waals surface area contributed by atoms with Gasteiger partial charge >= 0.3 is 5.97 Å². The Morgan fingerprint density at radius 1 is 0.921 bits per heavy atom. The lowest BCUT2D eigenvalue weighted by atomic mass is 9.82. The molecule has 0 aliphatic heterocycles. The summed E-state index contributed by atoms with van der Waals surface area (Å²) in [6.45, 7) is 3.10. The van der Waals surface area contributed by atoms with E-state index < -0.39 is 52.8 Å². The van der Waals surface area contributed by atoms with Crippen molar-refractivity contribution in [3.63, 3.8) is 0 Å². The van der Waals surface area contributed by atoms with Gasteiger partial charge in [-0.15, -0.1) is 0 Å². The van der Waals surface area contributed by atoms with Crippen molar-refractivity contribution in [3.8, 4) is 16.9 Å². The van der Waals surface area contributed by atoms with E-state index in [1.54, 1.807) is 6.92 Å². The van der Waals surface area contributed by atoms with E-state index in [0.29, 0.717) is 31.2 Å². The quantitative estimate of drug-likeness (QED) is 0.254. The fraction of sp³-hybridized carbons (Fsp3) is 0.345. The van der Waals surface area contributed by atoms with Gasteiger partial charge in [-0.05, 0) is 80.8 Å². The van der Waals surface area contributed by atoms with Gasteiger partial charge in [0.25, 0.3) is 0 Å². The molecule has 0 saturated heterocycles. The third-order valence-electron chi connectivity index (χ3n) is 6.83. The minimum atomic E-state index is -1.38. The van der Waals surface area contributed by atoms with Crippen molar-refractivity contribution in [3.05, 3.63) is 88.2 Å². The van der Waals surface area contributed by atoms with Gasteiger partial charge in [0.05, 0.1) is 18.3 Å². The average Bonchev–Trinajstić information content (AvgIpc) is 2.89. The van der Waals surface area contributed by atoms with E-state index in [1.165, 1.54) is 31.2 Å². The number of carbonyl (C=O) groups excluding carboxylic acids is 1. The lowest BCUT2D eigenvalue weighted by Gasteiger charge is -2.29. The van der Waals surface area contributed by atoms with Crippen molar-refractivity contribution in [1.82, 2.24) is 0 Å². The summed E-state index contributed by atoms with van der Waals surface area (Å²) in [6.07, 6.45) is -0.0875. The molecule has 1 fully saturated rings. The molecule has 0 radical (unpaired) electrons. The van der Waals surface area contributed by atoms with Crippen LogP contribution in [0.25, 0.3) is 11.1 Å². The molecule has 0 amide bonds. The maximum absolute atomic E-state index is 15.0. The highest BCUT2D eigenvalue weighted by molar-refractivity contribution is 5.90. The molecular formula is C29H27F5O4. The minimum Gasteiger partial charge on any atom is -0.491 e. The predicted octanol–water partition coefficient (Wildman–Crippen LogP) is 7.38. The fourth-order valence-corrected chi connectivity index (χ4v) is 4.80. The van der Waals surface area contributed by atoms with Crippen molar-refractivity contribution in [2.45, 2.75) is 57.7 Å². The van der Waals surface area contributed by atoms with Gasteiger partial charge in [0.1, 0.15) is 11.9 Å². The fourth-order valence-electron chi connectivity index (χ4n) is 4.80. The number of halogens is 5. The van der Waals surface area contributed by atoms with Gasteiger partial charge < -0.3 is 14.6 Å². The zero-order valence-electron chi connectivity index (χ0n) is 20.9. The maximum atomic E-state index is 15.0. The van der Waals surface area contributed by atoms with E-state index in [-0.39, 0.29) is 35.0 Å². The second-order valence-electron chi connectivity index (χ2n) is 9.29. The SMILES string of the molecule is CCOc1ccc(-c2ccc(C3CCC(OC(=O)c4ccc(C(C)O)c(F)c4F)CC3)c(F)c2)c(F)c1F. The molecule has 38 heavy (non-hydrogen) atoms. The van der Waals surface area contributed by atoms with Gasteiger partial charge in [-0.1, -0.05) is 18.2 Å². The number of hydrogen-bond donors (Lipinski definition) is 1. The van der Waals surface area contributed by atoms with Crippen LogP contribution in [0.4, 0.5) is 22.0 Å². The molecule has 4 nitrogen and oxygen atoms in total. The minimum absolute atomic E-state index is 0.0860. The van der Waals surface area contributed by atoms with E-state index >= 15 is 4.39 Å². The van der Waals surface area contributed by atoms with E-state index in [2.05, 4.69) is 0 Å². The lowest BCUT2D eigenvalue weighted by molar-refractivity contribution is 0.0188. The molecule has 1 saturated carbocycles. The summed E-state index contributed by atoms with van der Waals surface area (Å²) in [5.41, 5.74) is -0.315. The third kappa shape index (κ3) is 5.53. The molecule has 0 heterocycles. The molecule has 9 heteroatoms. The van der Waals surface area contributed by atoms with Gasteiger partial charge in [-0.25, -0.2) is 22.4 Å². The molecule has 4 rings (SSSR count). The normalized spacial score (nSPS) is 18.2. The Morgan fingerprint density at radius 2 is 1.63 bits per heavy atom. The molecule has 3 aromatic rings. The van der Waals surface area contributed by atoms with Crippen LogP contribution in [-0.4, -0.2) is 23.8 Å². The molecule has 0 bridgehead atoms. The molecule has 3 aromatic carbocycles. The Morgan fingerprint density at radius 3 is 2.26 bits per heavy atom. The number of benzene rings is 3. The van der Waals surface area contributed by atoms with Crippen LogP contribution < -0.4 is 4.74 Å². The Bertz CT molecular complexity index is 1330. The summed E-state index contributed by atoms with van der Waals surface area (Å²) in [4.78, 5) is 12.4. The van der Waals surface area contributed by atoms with Crippen LogP contribution in [0, 0.1) is 29.1 Å². The molecule has 1 N–H and O–H groups in total. The summed E-state index contributed by atoms with van der Waals surface area (Å²) in [6, 6.07) is 9.07. The number of esters is 1. The molecule has 1 unspecified atom stereocenters. The largest absolute Gasteiger partial charge is 0.491 e. The summed E-state index contributed by atoms with van der Waals surface area (Å²) >= 11 is 0. The van der Waals surface area contributed by atoms with Crippen molar-refractivity contribution in [2.24, 2.45) is 0 Å². The third-order valence-corrected chi connectivity index (χ3v) is 6.83. The predicted molar refractivity (Wildman–Crippen MR) is 130 cm³/mol. The van der Waals surface area contributed by atoms with Crippen molar-refractivity contribution < 1.29 is 41.3 Å². The topological polar surface area (TPSA) is 55.8 Å². The molecule has 0 spiro atoms. The van der Waals surface area contributed by atoms with E-state index in [4.69, 9.17) is 9.47 Å². The second kappa shape index (κ2) is 11.5. The van der Waals surface area contributed by atoms with E-state index in [1.807, 2.05) is 0 Å². The lowest BCUT2D eigenvalue weighted by Crippen LogP contribution is -2.25. The molecule has 1 atom stereocenters. The Hall–Kier alpha value is -3.46. The molecule has 202 valence electrons. The first-order valence-electron chi connectivity index (χ1n) is 12.4. The van der Waals surface area contributed by atoms with Crippen LogP contribution in [0.1, 0.15) is 73.0 Å². The van der Waals surface area contributed by atoms with Crippen LogP contribution >= 0.6 is 0 Å². The Labute approximate surface area is 217 Å². The maximum Gasteiger partial charge on any atom is 0.341 e. The molecule has 1 aliphatic carbocycles. The van der Waals surface area contributed by atoms with Gasteiger partial charge in [0.15, 0.2) is 23.2 Å². The summed E-state index contributed by atoms with van der Waals surface area (Å²) in [7, 11) is 0. The van der Waals surface area contributed by atoms with Crippen LogP contribution in [0.3, 0.4) is 0 Å². The first kappa shape index (κ1) is 27.6. The summed E-state index contributed by atoms with van der Waals surface area (Å²) < 4.78 is 82.7. The van der Waals surface area contributed by atoms with Crippen molar-refractivity contribution in [2.75, 3.05) is 6.61 Å². The zero-order chi connectivity index (χ0) is 27.6. The smallest absolute Gasteiger partial charge is 0.341 e. The first-order chi connectivity index (χ1) is 18.1. The van der Waals surface area contributed by atoms with Gasteiger partial charge in [-0.2, -0.15) is 4.39 Å². The van der Waals surface area contributed by atoms with Gasteiger partial charge in [0, 0.05) is 11.1 Å². The first-order valence-corrected chi connectivity index (χ1v) is 12.4. The monoisotopic (exact) mass is 534 g/mol. The number of hydrogen-bond acceptors (Lipinski definition) is 4. The highest BCUT2D eigenvalue weighted by atomic mass is 19.2.